The number of hydrogen-bond acceptors (Lipinski definition) is 2. The zero-order valence-corrected chi connectivity index (χ0v) is 10.6. The predicted octanol–water partition coefficient (Wildman–Crippen LogP) is 3.57. The molecule has 0 atom stereocenters. The molecule has 0 N–H and O–H groups in total. The summed E-state index contributed by atoms with van der Waals surface area (Å²) in [6.45, 7) is 9.75. The first-order chi connectivity index (χ1) is 8.00. The van der Waals surface area contributed by atoms with E-state index in [0.29, 0.717) is 12.2 Å². The lowest BCUT2D eigenvalue weighted by molar-refractivity contribution is 0.0845. The van der Waals surface area contributed by atoms with E-state index in [4.69, 9.17) is 4.74 Å². The second-order valence-corrected chi connectivity index (χ2v) is 4.24. The first-order valence-electron chi connectivity index (χ1n) is 5.68. The van der Waals surface area contributed by atoms with Crippen LogP contribution in [0.4, 0.5) is 4.79 Å². The molecule has 1 aromatic rings. The van der Waals surface area contributed by atoms with Gasteiger partial charge in [-0.25, -0.2) is 4.79 Å². The number of carbonyl (C=O) groups is 1. The molecule has 0 unspecified atom stereocenters. The molecule has 92 valence electrons. The molecule has 1 amide bonds. The van der Waals surface area contributed by atoms with E-state index in [0.717, 1.165) is 5.56 Å². The Labute approximate surface area is 103 Å². The largest absolute Gasteiger partial charge is 0.446 e. The van der Waals surface area contributed by atoms with Crippen molar-refractivity contribution < 1.29 is 9.53 Å². The van der Waals surface area contributed by atoms with Gasteiger partial charge in [-0.1, -0.05) is 36.9 Å². The Kier molecular flexibility index (Phi) is 4.76. The average Bonchev–Trinajstić information content (AvgIpc) is 2.25. The van der Waals surface area contributed by atoms with E-state index in [1.54, 1.807) is 6.92 Å². The van der Waals surface area contributed by atoms with Gasteiger partial charge in [-0.05, 0) is 26.3 Å². The predicted molar refractivity (Wildman–Crippen MR) is 68.4 cm³/mol. The molecule has 17 heavy (non-hydrogen) atoms. The number of benzene rings is 1. The van der Waals surface area contributed by atoms with Crippen LogP contribution in [0.3, 0.4) is 0 Å². The Morgan fingerprint density at radius 2 is 1.94 bits per heavy atom. The highest BCUT2D eigenvalue weighted by Crippen LogP contribution is 2.12. The fourth-order valence-electron chi connectivity index (χ4n) is 1.39. The van der Waals surface area contributed by atoms with Crippen molar-refractivity contribution in [1.29, 1.82) is 0 Å². The van der Waals surface area contributed by atoms with Crippen LogP contribution in [0.2, 0.25) is 0 Å². The number of allylic oxidation sites excluding steroid dienone is 1. The number of hydrogen-bond donors (Lipinski definition) is 0. The smallest absolute Gasteiger partial charge is 0.414 e. The third-order valence-corrected chi connectivity index (χ3v) is 2.20. The normalized spacial score (nSPS) is 10.1. The summed E-state index contributed by atoms with van der Waals surface area (Å²) in [6, 6.07) is 9.78. The van der Waals surface area contributed by atoms with Gasteiger partial charge >= 0.3 is 6.09 Å². The molecule has 0 fully saturated rings. The van der Waals surface area contributed by atoms with Gasteiger partial charge in [0.05, 0.1) is 12.6 Å². The standard InChI is InChI=1S/C14H19NO2/c1-11(2)15(14(16)17-12(3)4)10-13-8-6-5-7-9-13/h5-9,12H,1,10H2,2-4H3. The van der Waals surface area contributed by atoms with E-state index in [1.807, 2.05) is 44.2 Å². The van der Waals surface area contributed by atoms with Crippen molar-refractivity contribution in [3.63, 3.8) is 0 Å². The zero-order chi connectivity index (χ0) is 12.8. The van der Waals surface area contributed by atoms with E-state index >= 15 is 0 Å². The van der Waals surface area contributed by atoms with Crippen molar-refractivity contribution in [2.24, 2.45) is 0 Å². The molecule has 1 aromatic carbocycles. The minimum atomic E-state index is -0.351. The Balaban J connectivity index is 2.74. The van der Waals surface area contributed by atoms with Gasteiger partial charge in [-0.2, -0.15) is 0 Å². The van der Waals surface area contributed by atoms with E-state index in [2.05, 4.69) is 6.58 Å². The molecule has 0 heterocycles. The van der Waals surface area contributed by atoms with Crippen molar-refractivity contribution in [3.05, 3.63) is 48.2 Å². The van der Waals surface area contributed by atoms with Gasteiger partial charge < -0.3 is 4.74 Å². The Hall–Kier alpha value is -1.77. The lowest BCUT2D eigenvalue weighted by Gasteiger charge is -2.23. The van der Waals surface area contributed by atoms with E-state index < -0.39 is 0 Å². The summed E-state index contributed by atoms with van der Waals surface area (Å²) in [4.78, 5) is 13.4. The summed E-state index contributed by atoms with van der Waals surface area (Å²) in [5, 5.41) is 0. The fraction of sp³-hybridized carbons (Fsp3) is 0.357. The van der Waals surface area contributed by atoms with Gasteiger partial charge in [0.25, 0.3) is 0 Å². The summed E-state index contributed by atoms with van der Waals surface area (Å²) in [5.74, 6) is 0. The maximum absolute atomic E-state index is 11.8. The molecule has 0 aromatic heterocycles. The second kappa shape index (κ2) is 6.09. The Bertz CT molecular complexity index is 384. The number of carbonyl (C=O) groups excluding carboxylic acids is 1. The summed E-state index contributed by atoms with van der Waals surface area (Å²) in [7, 11) is 0. The average molecular weight is 233 g/mol. The topological polar surface area (TPSA) is 29.5 Å². The van der Waals surface area contributed by atoms with Gasteiger partial charge in [0.15, 0.2) is 0 Å². The van der Waals surface area contributed by atoms with Gasteiger partial charge in [-0.15, -0.1) is 0 Å². The summed E-state index contributed by atoms with van der Waals surface area (Å²) in [6.07, 6.45) is -0.475. The Morgan fingerprint density at radius 1 is 1.35 bits per heavy atom. The summed E-state index contributed by atoms with van der Waals surface area (Å²) in [5.41, 5.74) is 1.73. The highest BCUT2D eigenvalue weighted by Gasteiger charge is 2.17. The fourth-order valence-corrected chi connectivity index (χ4v) is 1.39. The van der Waals surface area contributed by atoms with Crippen molar-refractivity contribution in [2.45, 2.75) is 33.4 Å². The number of ether oxygens (including phenoxy) is 1. The molecule has 3 heteroatoms. The maximum Gasteiger partial charge on any atom is 0.414 e. The highest BCUT2D eigenvalue weighted by molar-refractivity contribution is 5.69. The lowest BCUT2D eigenvalue weighted by atomic mass is 10.2. The van der Waals surface area contributed by atoms with Crippen LogP contribution < -0.4 is 0 Å². The lowest BCUT2D eigenvalue weighted by Crippen LogP contribution is -2.30. The van der Waals surface area contributed by atoms with Crippen LogP contribution in [0.5, 0.6) is 0 Å². The van der Waals surface area contributed by atoms with Crippen LogP contribution in [0.1, 0.15) is 26.3 Å². The molecule has 0 bridgehead atoms. The molecule has 0 aliphatic heterocycles. The van der Waals surface area contributed by atoms with E-state index in [1.165, 1.54) is 4.90 Å². The zero-order valence-electron chi connectivity index (χ0n) is 10.6. The molecule has 0 saturated heterocycles. The monoisotopic (exact) mass is 233 g/mol. The summed E-state index contributed by atoms with van der Waals surface area (Å²) < 4.78 is 5.17. The SMILES string of the molecule is C=C(C)N(Cc1ccccc1)C(=O)OC(C)C. The first kappa shape index (κ1) is 13.3. The number of nitrogens with zero attached hydrogens (tertiary/aromatic N) is 1. The quantitative estimate of drug-likeness (QED) is 0.795. The van der Waals surface area contributed by atoms with Crippen LogP contribution in [0.15, 0.2) is 42.6 Å². The van der Waals surface area contributed by atoms with Crippen molar-refractivity contribution in [3.8, 4) is 0 Å². The molecule has 0 aliphatic rings. The number of amides is 1. The minimum Gasteiger partial charge on any atom is -0.446 e. The second-order valence-electron chi connectivity index (χ2n) is 4.24. The van der Waals surface area contributed by atoms with Gasteiger partial charge in [0, 0.05) is 5.70 Å². The van der Waals surface area contributed by atoms with Gasteiger partial charge in [0.2, 0.25) is 0 Å². The molecular formula is C14H19NO2. The molecule has 0 radical (unpaired) electrons. The molecule has 0 aliphatic carbocycles. The summed E-state index contributed by atoms with van der Waals surface area (Å²) >= 11 is 0. The van der Waals surface area contributed by atoms with E-state index in [-0.39, 0.29) is 12.2 Å². The first-order valence-corrected chi connectivity index (χ1v) is 5.68. The molecule has 3 nitrogen and oxygen atoms in total. The van der Waals surface area contributed by atoms with Crippen molar-refractivity contribution >= 4 is 6.09 Å². The van der Waals surface area contributed by atoms with Crippen LogP contribution in [0, 0.1) is 0 Å². The van der Waals surface area contributed by atoms with Crippen LogP contribution in [-0.4, -0.2) is 17.1 Å². The number of rotatable bonds is 4. The third kappa shape index (κ3) is 4.31. The molecule has 0 saturated carbocycles. The molecular weight excluding hydrogens is 214 g/mol. The van der Waals surface area contributed by atoms with Crippen LogP contribution >= 0.6 is 0 Å². The minimum absolute atomic E-state index is 0.125. The third-order valence-electron chi connectivity index (χ3n) is 2.20. The highest BCUT2D eigenvalue weighted by atomic mass is 16.6. The molecule has 0 spiro atoms. The van der Waals surface area contributed by atoms with Gasteiger partial charge in [0.1, 0.15) is 0 Å². The van der Waals surface area contributed by atoms with Gasteiger partial charge in [-0.3, -0.25) is 4.90 Å². The Morgan fingerprint density at radius 3 is 2.41 bits per heavy atom. The van der Waals surface area contributed by atoms with Crippen LogP contribution in [0.25, 0.3) is 0 Å². The van der Waals surface area contributed by atoms with Crippen molar-refractivity contribution in [2.75, 3.05) is 0 Å². The molecule has 1 rings (SSSR count). The van der Waals surface area contributed by atoms with E-state index in [9.17, 15) is 4.79 Å². The van der Waals surface area contributed by atoms with Crippen molar-refractivity contribution in [1.82, 2.24) is 4.90 Å². The maximum atomic E-state index is 11.8. The van der Waals surface area contributed by atoms with Crippen LogP contribution in [-0.2, 0) is 11.3 Å².